The van der Waals surface area contributed by atoms with Gasteiger partial charge in [0.15, 0.2) is 0 Å². The molecule has 0 bridgehead atoms. The fourth-order valence-electron chi connectivity index (χ4n) is 5.45. The largest absolute Gasteiger partial charge is 0.397 e. The number of hydrogen-bond acceptors (Lipinski definition) is 7. The molecular formula is C24H25F3N6OS. The first-order chi connectivity index (χ1) is 16.7. The van der Waals surface area contributed by atoms with Crippen LogP contribution in [0.15, 0.2) is 18.2 Å². The second-order valence-electron chi connectivity index (χ2n) is 9.70. The number of alkyl halides is 2. The van der Waals surface area contributed by atoms with Crippen molar-refractivity contribution in [1.29, 1.82) is 0 Å². The number of aryl methyl sites for hydroxylation is 2. The summed E-state index contributed by atoms with van der Waals surface area (Å²) < 4.78 is 42.1. The highest BCUT2D eigenvalue weighted by atomic mass is 32.1. The Morgan fingerprint density at radius 3 is 2.94 bits per heavy atom. The number of carbonyl (C=O) groups excluding carboxylic acids is 1. The summed E-state index contributed by atoms with van der Waals surface area (Å²) >= 11 is 1.16. The molecule has 0 radical (unpaired) electrons. The minimum atomic E-state index is -2.68. The van der Waals surface area contributed by atoms with Crippen LogP contribution in [0.1, 0.15) is 33.0 Å². The molecule has 2 fully saturated rings. The standard InChI is InChI=1S/C24H25F3N6OS/c1-11-16(25)7-14-20(28)21(35-23(14)30-11)22(34)31-13-3-4-17-12(6-13)2-5-19(32-17)33-8-15-18(9-33)29-10-24(15,26)27/h2,5,7,13,15,18,29H,3-4,6,8-10,28H2,1H3,(H,31,34). The van der Waals surface area contributed by atoms with E-state index in [-0.39, 0.29) is 35.9 Å². The third-order valence-electron chi connectivity index (χ3n) is 7.43. The van der Waals surface area contributed by atoms with Crippen LogP contribution in [0.2, 0.25) is 0 Å². The minimum absolute atomic E-state index is 0.0901. The predicted octanol–water partition coefficient (Wildman–Crippen LogP) is 3.05. The number of hydrogen-bond donors (Lipinski definition) is 3. The molecule has 4 N–H and O–H groups in total. The van der Waals surface area contributed by atoms with Crippen LogP contribution in [0.25, 0.3) is 10.2 Å². The summed E-state index contributed by atoms with van der Waals surface area (Å²) in [4.78, 5) is 24.8. The van der Waals surface area contributed by atoms with Crippen molar-refractivity contribution in [2.75, 3.05) is 30.3 Å². The van der Waals surface area contributed by atoms with Gasteiger partial charge in [0.2, 0.25) is 0 Å². The van der Waals surface area contributed by atoms with Gasteiger partial charge in [-0.15, -0.1) is 11.3 Å². The first-order valence-electron chi connectivity index (χ1n) is 11.7. The van der Waals surface area contributed by atoms with Gasteiger partial charge in [-0.25, -0.2) is 23.1 Å². The molecule has 0 saturated carbocycles. The number of halogens is 3. The van der Waals surface area contributed by atoms with E-state index in [2.05, 4.69) is 15.6 Å². The molecule has 1 amide bonds. The number of nitrogens with two attached hydrogens (primary N) is 1. The zero-order valence-corrected chi connectivity index (χ0v) is 19.9. The summed E-state index contributed by atoms with van der Waals surface area (Å²) in [7, 11) is 0. The molecule has 3 unspecified atom stereocenters. The van der Waals surface area contributed by atoms with E-state index in [1.807, 2.05) is 17.0 Å². The molecule has 0 aromatic carbocycles. The average molecular weight is 503 g/mol. The number of thiophene rings is 1. The maximum absolute atomic E-state index is 14.1. The minimum Gasteiger partial charge on any atom is -0.397 e. The zero-order chi connectivity index (χ0) is 24.5. The SMILES string of the molecule is Cc1nc2sc(C(=O)NC3CCc4nc(N5CC6NCC(F)(F)C6C5)ccc4C3)c(N)c2cc1F. The van der Waals surface area contributed by atoms with Gasteiger partial charge in [-0.1, -0.05) is 6.07 Å². The molecule has 3 aromatic rings. The topological polar surface area (TPSA) is 96.2 Å². The molecule has 35 heavy (non-hydrogen) atoms. The van der Waals surface area contributed by atoms with Gasteiger partial charge >= 0.3 is 0 Å². The van der Waals surface area contributed by atoms with Gasteiger partial charge in [-0.05, 0) is 43.9 Å². The van der Waals surface area contributed by atoms with Crippen molar-refractivity contribution in [1.82, 2.24) is 20.6 Å². The lowest BCUT2D eigenvalue weighted by atomic mass is 9.91. The fraction of sp³-hybridized carbons (Fsp3) is 0.458. The lowest BCUT2D eigenvalue weighted by Crippen LogP contribution is -2.39. The molecule has 11 heteroatoms. The maximum atomic E-state index is 14.1. The number of pyridine rings is 2. The second-order valence-corrected chi connectivity index (χ2v) is 10.7. The van der Waals surface area contributed by atoms with Crippen LogP contribution in [-0.2, 0) is 12.8 Å². The van der Waals surface area contributed by atoms with E-state index >= 15 is 0 Å². The van der Waals surface area contributed by atoms with Crippen molar-refractivity contribution in [2.45, 2.75) is 44.2 Å². The summed E-state index contributed by atoms with van der Waals surface area (Å²) in [6.07, 6.45) is 2.00. The third-order valence-corrected chi connectivity index (χ3v) is 8.54. The van der Waals surface area contributed by atoms with Crippen LogP contribution >= 0.6 is 11.3 Å². The Labute approximate surface area is 203 Å². The van der Waals surface area contributed by atoms with Crippen LogP contribution in [-0.4, -0.2) is 53.5 Å². The number of fused-ring (bicyclic) bond motifs is 3. The molecule has 184 valence electrons. The van der Waals surface area contributed by atoms with Gasteiger partial charge in [-0.3, -0.25) is 4.79 Å². The van der Waals surface area contributed by atoms with Gasteiger partial charge in [-0.2, -0.15) is 0 Å². The van der Waals surface area contributed by atoms with Crippen LogP contribution in [0.5, 0.6) is 0 Å². The van der Waals surface area contributed by atoms with Crippen LogP contribution < -0.4 is 21.3 Å². The quantitative estimate of drug-likeness (QED) is 0.510. The van der Waals surface area contributed by atoms with E-state index in [9.17, 15) is 18.0 Å². The summed E-state index contributed by atoms with van der Waals surface area (Å²) in [6, 6.07) is 4.89. The highest BCUT2D eigenvalue weighted by molar-refractivity contribution is 7.21. The normalized spacial score (nSPS) is 25.0. The van der Waals surface area contributed by atoms with Crippen molar-refractivity contribution < 1.29 is 18.0 Å². The van der Waals surface area contributed by atoms with Gasteiger partial charge in [0.1, 0.15) is 21.3 Å². The molecule has 3 atom stereocenters. The Kier molecular flexibility index (Phi) is 5.19. The van der Waals surface area contributed by atoms with E-state index in [0.29, 0.717) is 47.4 Å². The zero-order valence-electron chi connectivity index (χ0n) is 19.1. The molecule has 2 saturated heterocycles. The molecule has 3 aliphatic rings. The number of carbonyl (C=O) groups is 1. The highest BCUT2D eigenvalue weighted by Crippen LogP contribution is 2.39. The number of nitrogen functional groups attached to an aromatic ring is 1. The number of anilines is 2. The summed E-state index contributed by atoms with van der Waals surface area (Å²) in [5.41, 5.74) is 8.64. The average Bonchev–Trinajstić information content (AvgIpc) is 3.48. The predicted molar refractivity (Wildman–Crippen MR) is 129 cm³/mol. The lowest BCUT2D eigenvalue weighted by Gasteiger charge is -2.27. The fourth-order valence-corrected chi connectivity index (χ4v) is 6.47. The maximum Gasteiger partial charge on any atom is 0.266 e. The first kappa shape index (κ1) is 22.5. The lowest BCUT2D eigenvalue weighted by molar-refractivity contribution is -0.0184. The van der Waals surface area contributed by atoms with Crippen LogP contribution in [0, 0.1) is 18.7 Å². The summed E-state index contributed by atoms with van der Waals surface area (Å²) in [6.45, 7) is 2.15. The van der Waals surface area contributed by atoms with Gasteiger partial charge in [0, 0.05) is 36.3 Å². The molecule has 6 rings (SSSR count). The molecule has 3 aromatic heterocycles. The van der Waals surface area contributed by atoms with Crippen LogP contribution in [0.3, 0.4) is 0 Å². The van der Waals surface area contributed by atoms with Crippen molar-refractivity contribution in [3.63, 3.8) is 0 Å². The molecule has 0 spiro atoms. The van der Waals surface area contributed by atoms with Crippen molar-refractivity contribution >= 4 is 39.0 Å². The number of aromatic nitrogens is 2. The Balaban J connectivity index is 1.15. The summed E-state index contributed by atoms with van der Waals surface area (Å²) in [5.74, 6) is -3.38. The van der Waals surface area contributed by atoms with Gasteiger partial charge < -0.3 is 21.3 Å². The Morgan fingerprint density at radius 1 is 1.31 bits per heavy atom. The van der Waals surface area contributed by atoms with Gasteiger partial charge in [0.25, 0.3) is 11.8 Å². The number of rotatable bonds is 3. The van der Waals surface area contributed by atoms with E-state index in [1.54, 1.807) is 6.92 Å². The molecule has 7 nitrogen and oxygen atoms in total. The molecule has 1 aliphatic carbocycles. The van der Waals surface area contributed by atoms with Crippen LogP contribution in [0.4, 0.5) is 24.7 Å². The number of amides is 1. The molecule has 5 heterocycles. The number of nitrogens with one attached hydrogen (secondary N) is 2. The third kappa shape index (κ3) is 3.81. The molecular weight excluding hydrogens is 477 g/mol. The number of nitrogens with zero attached hydrogens (tertiary/aromatic N) is 3. The van der Waals surface area contributed by atoms with E-state index < -0.39 is 17.7 Å². The Morgan fingerprint density at radius 2 is 2.14 bits per heavy atom. The van der Waals surface area contributed by atoms with Crippen molar-refractivity contribution in [3.05, 3.63) is 45.8 Å². The van der Waals surface area contributed by atoms with Crippen molar-refractivity contribution in [3.8, 4) is 0 Å². The van der Waals surface area contributed by atoms with Gasteiger partial charge in [0.05, 0.1) is 23.8 Å². The Hall–Kier alpha value is -2.92. The van der Waals surface area contributed by atoms with E-state index in [4.69, 9.17) is 10.7 Å². The smallest absolute Gasteiger partial charge is 0.266 e. The van der Waals surface area contributed by atoms with Crippen molar-refractivity contribution in [2.24, 2.45) is 5.92 Å². The summed E-state index contributed by atoms with van der Waals surface area (Å²) in [5, 5.41) is 6.44. The van der Waals surface area contributed by atoms with E-state index in [0.717, 1.165) is 28.4 Å². The monoisotopic (exact) mass is 502 g/mol. The highest BCUT2D eigenvalue weighted by Gasteiger charge is 2.54. The Bertz CT molecular complexity index is 1340. The molecule has 2 aliphatic heterocycles. The first-order valence-corrected chi connectivity index (χ1v) is 12.5. The second kappa shape index (κ2) is 8.06. The van der Waals surface area contributed by atoms with E-state index in [1.165, 1.54) is 6.07 Å².